The molecule has 0 aliphatic heterocycles. The average Bonchev–Trinajstić information content (AvgIpc) is 3.20. The Bertz CT molecular complexity index is 1030. The van der Waals surface area contributed by atoms with Gasteiger partial charge in [0.2, 0.25) is 5.91 Å². The van der Waals surface area contributed by atoms with Crippen molar-refractivity contribution < 1.29 is 18.4 Å². The summed E-state index contributed by atoms with van der Waals surface area (Å²) in [4.78, 5) is 28.6. The Balaban J connectivity index is 1.61. The van der Waals surface area contributed by atoms with Crippen LogP contribution in [0.5, 0.6) is 0 Å². The van der Waals surface area contributed by atoms with Crippen LogP contribution in [0.2, 0.25) is 0 Å². The highest BCUT2D eigenvalue weighted by molar-refractivity contribution is 6.03. The number of hydrogen-bond acceptors (Lipinski definition) is 4. The normalized spacial score (nSPS) is 10.4. The summed E-state index contributed by atoms with van der Waals surface area (Å²) in [5, 5.41) is 5.41. The number of nitrogens with zero attached hydrogens (tertiary/aromatic N) is 1. The number of oxazole rings is 1. The van der Waals surface area contributed by atoms with Gasteiger partial charge in [-0.05, 0) is 24.3 Å². The van der Waals surface area contributed by atoms with Crippen LogP contribution in [0.25, 0.3) is 11.3 Å². The number of carbonyl (C=O) groups is 2. The largest absolute Gasteiger partial charge is 0.441 e. The van der Waals surface area contributed by atoms with Crippen LogP contribution < -0.4 is 10.6 Å². The predicted octanol–water partition coefficient (Wildman–Crippen LogP) is 3.97. The lowest BCUT2D eigenvalue weighted by molar-refractivity contribution is -0.116. The predicted molar refractivity (Wildman–Crippen MR) is 108 cm³/mol. The smallest absolute Gasteiger partial charge is 0.253 e. The second kappa shape index (κ2) is 9.45. The Hall–Kier alpha value is -3.74. The van der Waals surface area contributed by atoms with Gasteiger partial charge in [-0.2, -0.15) is 0 Å². The molecule has 0 aliphatic carbocycles. The van der Waals surface area contributed by atoms with E-state index in [0.29, 0.717) is 35.0 Å². The van der Waals surface area contributed by atoms with E-state index >= 15 is 0 Å². The molecule has 3 aromatic rings. The van der Waals surface area contributed by atoms with Gasteiger partial charge >= 0.3 is 0 Å². The molecule has 2 amide bonds. The first-order valence-corrected chi connectivity index (χ1v) is 9.06. The van der Waals surface area contributed by atoms with E-state index < -0.39 is 5.82 Å². The summed E-state index contributed by atoms with van der Waals surface area (Å²) in [6.07, 6.45) is 3.35. The first-order chi connectivity index (χ1) is 14.1. The monoisotopic (exact) mass is 393 g/mol. The molecule has 6 nitrogen and oxygen atoms in total. The summed E-state index contributed by atoms with van der Waals surface area (Å²) < 4.78 is 19.4. The average molecular weight is 393 g/mol. The Morgan fingerprint density at radius 1 is 1.14 bits per heavy atom. The Labute approximate surface area is 167 Å². The van der Waals surface area contributed by atoms with Crippen LogP contribution in [0.1, 0.15) is 22.7 Å². The molecule has 0 spiro atoms. The van der Waals surface area contributed by atoms with Crippen molar-refractivity contribution in [2.75, 3.05) is 11.9 Å². The molecule has 3 rings (SSSR count). The number of carbonyl (C=O) groups excluding carboxylic acids is 2. The third kappa shape index (κ3) is 5.16. The number of aromatic nitrogens is 1. The molecule has 2 N–H and O–H groups in total. The Morgan fingerprint density at radius 3 is 2.69 bits per heavy atom. The van der Waals surface area contributed by atoms with Gasteiger partial charge in [-0.3, -0.25) is 9.59 Å². The van der Waals surface area contributed by atoms with Gasteiger partial charge in [-0.15, -0.1) is 6.58 Å². The third-order valence-corrected chi connectivity index (χ3v) is 4.11. The molecular formula is C22H20FN3O3. The minimum Gasteiger partial charge on any atom is -0.441 e. The fourth-order valence-corrected chi connectivity index (χ4v) is 2.69. The zero-order chi connectivity index (χ0) is 20.6. The molecule has 29 heavy (non-hydrogen) atoms. The van der Waals surface area contributed by atoms with Crippen LogP contribution in [0.3, 0.4) is 0 Å². The van der Waals surface area contributed by atoms with Gasteiger partial charge < -0.3 is 15.1 Å². The van der Waals surface area contributed by atoms with Crippen LogP contribution in [-0.4, -0.2) is 23.3 Å². The van der Waals surface area contributed by atoms with Crippen LogP contribution in [-0.2, 0) is 11.2 Å². The molecule has 0 atom stereocenters. The van der Waals surface area contributed by atoms with E-state index in [1.807, 2.05) is 0 Å². The number of anilines is 1. The standard InChI is InChI=1S/C22H20FN3O3/c1-2-13-24-22(28)16-8-4-6-10-18(16)26-20(27)11-12-21-25-14-19(29-21)15-7-3-5-9-17(15)23/h2-10,14H,1,11-13H2,(H,24,28)(H,26,27). The summed E-state index contributed by atoms with van der Waals surface area (Å²) in [5.41, 5.74) is 1.09. The molecule has 0 unspecified atom stereocenters. The van der Waals surface area contributed by atoms with Crippen molar-refractivity contribution in [3.63, 3.8) is 0 Å². The molecule has 7 heteroatoms. The highest BCUT2D eigenvalue weighted by Gasteiger charge is 2.14. The summed E-state index contributed by atoms with van der Waals surface area (Å²) in [5.74, 6) is -0.361. The fraction of sp³-hybridized carbons (Fsp3) is 0.136. The first-order valence-electron chi connectivity index (χ1n) is 9.06. The number of aryl methyl sites for hydroxylation is 1. The zero-order valence-corrected chi connectivity index (χ0v) is 15.7. The lowest BCUT2D eigenvalue weighted by Crippen LogP contribution is -2.25. The zero-order valence-electron chi connectivity index (χ0n) is 15.7. The van der Waals surface area contributed by atoms with E-state index in [4.69, 9.17) is 4.42 Å². The number of benzene rings is 2. The maximum Gasteiger partial charge on any atom is 0.253 e. The van der Waals surface area contributed by atoms with Crippen molar-refractivity contribution in [3.05, 3.63) is 84.7 Å². The van der Waals surface area contributed by atoms with Crippen molar-refractivity contribution in [2.45, 2.75) is 12.8 Å². The highest BCUT2D eigenvalue weighted by Crippen LogP contribution is 2.23. The quantitative estimate of drug-likeness (QED) is 0.567. The van der Waals surface area contributed by atoms with Gasteiger partial charge in [0.1, 0.15) is 5.82 Å². The lowest BCUT2D eigenvalue weighted by Gasteiger charge is -2.10. The van der Waals surface area contributed by atoms with Crippen molar-refractivity contribution in [2.24, 2.45) is 0 Å². The maximum atomic E-state index is 13.8. The van der Waals surface area contributed by atoms with Gasteiger partial charge in [0.25, 0.3) is 5.91 Å². The SMILES string of the molecule is C=CCNC(=O)c1ccccc1NC(=O)CCc1ncc(-c2ccccc2F)o1. The number of nitrogens with one attached hydrogen (secondary N) is 2. The molecule has 2 aromatic carbocycles. The van der Waals surface area contributed by atoms with Crippen LogP contribution in [0.4, 0.5) is 10.1 Å². The van der Waals surface area contributed by atoms with E-state index in [1.54, 1.807) is 48.5 Å². The molecule has 0 saturated carbocycles. The van der Waals surface area contributed by atoms with Crippen LogP contribution in [0, 0.1) is 5.82 Å². The number of rotatable bonds is 8. The molecule has 0 fully saturated rings. The summed E-state index contributed by atoms with van der Waals surface area (Å²) >= 11 is 0. The van der Waals surface area contributed by atoms with Crippen molar-refractivity contribution in [1.82, 2.24) is 10.3 Å². The van der Waals surface area contributed by atoms with Gasteiger partial charge in [-0.25, -0.2) is 9.37 Å². The number of halogens is 1. The van der Waals surface area contributed by atoms with Gasteiger partial charge in [0.05, 0.1) is 23.0 Å². The number of amides is 2. The van der Waals surface area contributed by atoms with Gasteiger partial charge in [0, 0.05) is 19.4 Å². The van der Waals surface area contributed by atoms with E-state index in [2.05, 4.69) is 22.2 Å². The minimum atomic E-state index is -0.403. The molecule has 0 aliphatic rings. The van der Waals surface area contributed by atoms with Crippen LogP contribution in [0.15, 0.2) is 71.8 Å². The van der Waals surface area contributed by atoms with Gasteiger partial charge in [-0.1, -0.05) is 30.3 Å². The summed E-state index contributed by atoms with van der Waals surface area (Å²) in [6, 6.07) is 13.0. The number of hydrogen-bond donors (Lipinski definition) is 2. The maximum absolute atomic E-state index is 13.8. The Morgan fingerprint density at radius 2 is 1.90 bits per heavy atom. The second-order valence-electron chi connectivity index (χ2n) is 6.19. The first kappa shape index (κ1) is 20.0. The lowest BCUT2D eigenvalue weighted by atomic mass is 10.1. The molecule has 148 valence electrons. The van der Waals surface area contributed by atoms with Crippen molar-refractivity contribution >= 4 is 17.5 Å². The Kier molecular flexibility index (Phi) is 6.52. The molecule has 1 heterocycles. The fourth-order valence-electron chi connectivity index (χ4n) is 2.69. The van der Waals surface area contributed by atoms with E-state index in [0.717, 1.165) is 0 Å². The van der Waals surface area contributed by atoms with Crippen molar-refractivity contribution in [3.8, 4) is 11.3 Å². The van der Waals surface area contributed by atoms with E-state index in [-0.39, 0.29) is 24.7 Å². The van der Waals surface area contributed by atoms with Crippen molar-refractivity contribution in [1.29, 1.82) is 0 Å². The van der Waals surface area contributed by atoms with Crippen LogP contribution >= 0.6 is 0 Å². The molecular weight excluding hydrogens is 373 g/mol. The minimum absolute atomic E-state index is 0.0971. The van der Waals surface area contributed by atoms with E-state index in [1.165, 1.54) is 12.3 Å². The highest BCUT2D eigenvalue weighted by atomic mass is 19.1. The third-order valence-electron chi connectivity index (χ3n) is 4.11. The summed E-state index contributed by atoms with van der Waals surface area (Å²) in [6.45, 7) is 3.88. The molecule has 1 aromatic heterocycles. The number of para-hydroxylation sites is 1. The summed E-state index contributed by atoms with van der Waals surface area (Å²) in [7, 11) is 0. The molecule has 0 bridgehead atoms. The topological polar surface area (TPSA) is 84.2 Å². The molecule has 0 saturated heterocycles. The van der Waals surface area contributed by atoms with Gasteiger partial charge in [0.15, 0.2) is 11.7 Å². The second-order valence-corrected chi connectivity index (χ2v) is 6.19. The molecule has 0 radical (unpaired) electrons. The van der Waals surface area contributed by atoms with E-state index in [9.17, 15) is 14.0 Å².